The molecule has 1 aromatic heterocycles. The van der Waals surface area contributed by atoms with E-state index in [1.165, 1.54) is 0 Å². The zero-order valence-electron chi connectivity index (χ0n) is 8.66. The summed E-state index contributed by atoms with van der Waals surface area (Å²) < 4.78 is 0. The monoisotopic (exact) mass is 199 g/mol. The molecule has 74 valence electrons. The van der Waals surface area contributed by atoms with Crippen LogP contribution in [0.3, 0.4) is 0 Å². The van der Waals surface area contributed by atoms with Gasteiger partial charge in [-0.2, -0.15) is 0 Å². The highest BCUT2D eigenvalue weighted by Gasteiger charge is 2.22. The second kappa shape index (κ2) is 4.05. The summed E-state index contributed by atoms with van der Waals surface area (Å²) in [5, 5.41) is 11.9. The normalized spacial score (nSPS) is 12.1. The van der Waals surface area contributed by atoms with Gasteiger partial charge < -0.3 is 5.32 Å². The molecule has 0 aliphatic heterocycles. The maximum atomic E-state index is 3.94. The molecule has 0 fully saturated rings. The molecule has 0 saturated heterocycles. The van der Waals surface area contributed by atoms with Gasteiger partial charge in [-0.15, -0.1) is 10.2 Å². The van der Waals surface area contributed by atoms with Crippen LogP contribution in [0.4, 0.5) is 5.13 Å². The van der Waals surface area contributed by atoms with Crippen LogP contribution in [0.1, 0.15) is 27.7 Å². The second-order valence-electron chi connectivity index (χ2n) is 4.24. The van der Waals surface area contributed by atoms with E-state index in [-0.39, 0.29) is 0 Å². The number of aromatic nitrogens is 2. The van der Waals surface area contributed by atoms with Crippen LogP contribution >= 0.6 is 11.3 Å². The molecular weight excluding hydrogens is 182 g/mol. The zero-order chi connectivity index (χ0) is 9.90. The summed E-state index contributed by atoms with van der Waals surface area (Å²) in [6.45, 7) is 9.93. The van der Waals surface area contributed by atoms with E-state index >= 15 is 0 Å². The van der Waals surface area contributed by atoms with Gasteiger partial charge in [-0.05, 0) is 11.3 Å². The molecule has 0 aliphatic rings. The summed E-state index contributed by atoms with van der Waals surface area (Å²) in [6.07, 6.45) is 0. The van der Waals surface area contributed by atoms with Crippen LogP contribution in [0.5, 0.6) is 0 Å². The van der Waals surface area contributed by atoms with E-state index in [0.717, 1.165) is 11.7 Å². The maximum Gasteiger partial charge on any atom is 0.205 e. The Balaban J connectivity index is 2.42. The van der Waals surface area contributed by atoms with Gasteiger partial charge in [-0.25, -0.2) is 0 Å². The van der Waals surface area contributed by atoms with Crippen LogP contribution in [0.15, 0.2) is 5.51 Å². The first-order valence-electron chi connectivity index (χ1n) is 4.52. The Hall–Kier alpha value is -0.640. The smallest absolute Gasteiger partial charge is 0.205 e. The number of hydrogen-bond acceptors (Lipinski definition) is 4. The third kappa shape index (κ3) is 2.95. The molecule has 3 nitrogen and oxygen atoms in total. The van der Waals surface area contributed by atoms with Crippen molar-refractivity contribution in [2.24, 2.45) is 11.3 Å². The number of nitrogens with zero attached hydrogens (tertiary/aromatic N) is 2. The van der Waals surface area contributed by atoms with Crippen molar-refractivity contribution in [3.05, 3.63) is 5.51 Å². The van der Waals surface area contributed by atoms with Gasteiger partial charge in [0.1, 0.15) is 5.51 Å². The highest BCUT2D eigenvalue weighted by atomic mass is 32.1. The lowest BCUT2D eigenvalue weighted by molar-refractivity contribution is 0.269. The summed E-state index contributed by atoms with van der Waals surface area (Å²) in [4.78, 5) is 0. The summed E-state index contributed by atoms with van der Waals surface area (Å²) in [6, 6.07) is 0. The van der Waals surface area contributed by atoms with Gasteiger partial charge in [0.15, 0.2) is 0 Å². The number of anilines is 1. The standard InChI is InChI=1S/C9H17N3S/c1-7(2)9(3,4)5-10-8-12-11-6-13-8/h6-7H,5H2,1-4H3,(H,10,12). The Labute approximate surface area is 83.6 Å². The van der Waals surface area contributed by atoms with E-state index in [2.05, 4.69) is 43.2 Å². The SMILES string of the molecule is CC(C)C(C)(C)CNc1nncs1. The van der Waals surface area contributed by atoms with Crippen molar-refractivity contribution in [2.45, 2.75) is 27.7 Å². The molecule has 0 unspecified atom stereocenters. The van der Waals surface area contributed by atoms with Crippen molar-refractivity contribution in [1.82, 2.24) is 10.2 Å². The second-order valence-corrected chi connectivity index (χ2v) is 5.07. The third-order valence-electron chi connectivity index (χ3n) is 2.62. The molecule has 1 N–H and O–H groups in total. The fourth-order valence-corrected chi connectivity index (χ4v) is 1.20. The van der Waals surface area contributed by atoms with E-state index in [1.807, 2.05) is 0 Å². The van der Waals surface area contributed by atoms with E-state index < -0.39 is 0 Å². The van der Waals surface area contributed by atoms with Crippen LogP contribution in [0.2, 0.25) is 0 Å². The Kier molecular flexibility index (Phi) is 3.25. The summed E-state index contributed by atoms with van der Waals surface area (Å²) in [5.74, 6) is 0.660. The van der Waals surface area contributed by atoms with Gasteiger partial charge in [0, 0.05) is 6.54 Å². The number of hydrogen-bond donors (Lipinski definition) is 1. The molecule has 1 aromatic rings. The summed E-state index contributed by atoms with van der Waals surface area (Å²) >= 11 is 1.54. The Bertz CT molecular complexity index is 241. The molecule has 0 radical (unpaired) electrons. The van der Waals surface area contributed by atoms with Crippen LogP contribution in [0.25, 0.3) is 0 Å². The lowest BCUT2D eigenvalue weighted by Gasteiger charge is -2.29. The topological polar surface area (TPSA) is 37.8 Å². The van der Waals surface area contributed by atoms with Crippen molar-refractivity contribution >= 4 is 16.5 Å². The first-order valence-corrected chi connectivity index (χ1v) is 5.40. The van der Waals surface area contributed by atoms with Crippen molar-refractivity contribution < 1.29 is 0 Å². The van der Waals surface area contributed by atoms with Gasteiger partial charge in [0.25, 0.3) is 0 Å². The van der Waals surface area contributed by atoms with E-state index in [9.17, 15) is 0 Å². The van der Waals surface area contributed by atoms with E-state index in [4.69, 9.17) is 0 Å². The third-order valence-corrected chi connectivity index (χ3v) is 3.27. The molecule has 1 rings (SSSR count). The van der Waals surface area contributed by atoms with Crippen LogP contribution in [-0.2, 0) is 0 Å². The first-order chi connectivity index (χ1) is 6.02. The molecule has 0 spiro atoms. The average Bonchev–Trinajstić information content (AvgIpc) is 2.52. The minimum Gasteiger partial charge on any atom is -0.360 e. The molecule has 0 aromatic carbocycles. The highest BCUT2D eigenvalue weighted by molar-refractivity contribution is 7.13. The number of rotatable bonds is 4. The van der Waals surface area contributed by atoms with E-state index in [0.29, 0.717) is 11.3 Å². The Morgan fingerprint density at radius 2 is 2.23 bits per heavy atom. The van der Waals surface area contributed by atoms with Crippen molar-refractivity contribution in [2.75, 3.05) is 11.9 Å². The molecule has 0 aliphatic carbocycles. The maximum absolute atomic E-state index is 3.94. The van der Waals surface area contributed by atoms with Crippen molar-refractivity contribution in [3.8, 4) is 0 Å². The van der Waals surface area contributed by atoms with E-state index in [1.54, 1.807) is 16.8 Å². The van der Waals surface area contributed by atoms with Gasteiger partial charge in [0.05, 0.1) is 0 Å². The molecule has 0 amide bonds. The molecule has 1 heterocycles. The van der Waals surface area contributed by atoms with Crippen molar-refractivity contribution in [3.63, 3.8) is 0 Å². The molecule has 13 heavy (non-hydrogen) atoms. The van der Waals surface area contributed by atoms with Crippen molar-refractivity contribution in [1.29, 1.82) is 0 Å². The summed E-state index contributed by atoms with van der Waals surface area (Å²) in [7, 11) is 0. The minimum absolute atomic E-state index is 0.297. The minimum atomic E-state index is 0.297. The lowest BCUT2D eigenvalue weighted by Crippen LogP contribution is -2.28. The first kappa shape index (κ1) is 10.4. The fraction of sp³-hybridized carbons (Fsp3) is 0.778. The van der Waals surface area contributed by atoms with Crippen LogP contribution in [0, 0.1) is 11.3 Å². The molecular formula is C9H17N3S. The highest BCUT2D eigenvalue weighted by Crippen LogP contribution is 2.26. The molecule has 0 bridgehead atoms. The predicted octanol–water partition coefficient (Wildman–Crippen LogP) is 2.63. The van der Waals surface area contributed by atoms with Gasteiger partial charge in [0.2, 0.25) is 5.13 Å². The molecule has 4 heteroatoms. The van der Waals surface area contributed by atoms with Crippen LogP contribution < -0.4 is 5.32 Å². The quantitative estimate of drug-likeness (QED) is 0.810. The Morgan fingerprint density at radius 3 is 2.69 bits per heavy atom. The molecule has 0 atom stereocenters. The largest absolute Gasteiger partial charge is 0.360 e. The average molecular weight is 199 g/mol. The zero-order valence-corrected chi connectivity index (χ0v) is 9.48. The van der Waals surface area contributed by atoms with Gasteiger partial charge >= 0.3 is 0 Å². The fourth-order valence-electron chi connectivity index (χ4n) is 0.758. The molecule has 0 saturated carbocycles. The van der Waals surface area contributed by atoms with Gasteiger partial charge in [-0.1, -0.05) is 39.0 Å². The number of nitrogens with one attached hydrogen (secondary N) is 1. The lowest BCUT2D eigenvalue weighted by atomic mass is 9.81. The van der Waals surface area contributed by atoms with Gasteiger partial charge in [-0.3, -0.25) is 0 Å². The Morgan fingerprint density at radius 1 is 1.54 bits per heavy atom. The summed E-state index contributed by atoms with van der Waals surface area (Å²) in [5.41, 5.74) is 2.04. The predicted molar refractivity (Wildman–Crippen MR) is 57.0 cm³/mol. The van der Waals surface area contributed by atoms with Crippen LogP contribution in [-0.4, -0.2) is 16.7 Å².